The maximum absolute atomic E-state index is 13.2. The Kier molecular flexibility index (Phi) is 6.10. The van der Waals surface area contributed by atoms with Crippen molar-refractivity contribution < 1.29 is 4.39 Å². The minimum Gasteiger partial charge on any atom is -0.365 e. The summed E-state index contributed by atoms with van der Waals surface area (Å²) in [6, 6.07) is 17.9. The van der Waals surface area contributed by atoms with E-state index < -0.39 is 0 Å². The van der Waals surface area contributed by atoms with E-state index in [1.165, 1.54) is 18.5 Å². The van der Waals surface area contributed by atoms with E-state index in [0.717, 1.165) is 22.4 Å². The maximum atomic E-state index is 13.2. The van der Waals surface area contributed by atoms with Crippen molar-refractivity contribution in [3.05, 3.63) is 103 Å². The van der Waals surface area contributed by atoms with Crippen molar-refractivity contribution in [2.45, 2.75) is 13.1 Å². The Morgan fingerprint density at radius 3 is 2.65 bits per heavy atom. The quantitative estimate of drug-likeness (QED) is 0.362. The third-order valence-corrected chi connectivity index (χ3v) is 4.99. The van der Waals surface area contributed by atoms with E-state index in [0.29, 0.717) is 30.7 Å². The molecule has 0 saturated carbocycles. The van der Waals surface area contributed by atoms with E-state index in [4.69, 9.17) is 0 Å². The first-order chi connectivity index (χ1) is 16.7. The summed E-state index contributed by atoms with van der Waals surface area (Å²) in [5.74, 6) is 1.25. The highest BCUT2D eigenvalue weighted by molar-refractivity contribution is 5.70. The molecule has 9 nitrogen and oxygen atoms in total. The number of hydrogen-bond acceptors (Lipinski definition) is 8. The average Bonchev–Trinajstić information content (AvgIpc) is 3.37. The summed E-state index contributed by atoms with van der Waals surface area (Å²) in [4.78, 5) is 17.6. The van der Waals surface area contributed by atoms with Gasteiger partial charge in [0.25, 0.3) is 0 Å². The molecule has 0 spiro atoms. The van der Waals surface area contributed by atoms with Gasteiger partial charge in [0.2, 0.25) is 5.95 Å². The molecule has 0 saturated heterocycles. The fourth-order valence-electron chi connectivity index (χ4n) is 3.38. The number of rotatable bonds is 8. The first kappa shape index (κ1) is 21.1. The molecule has 0 fully saturated rings. The first-order valence-corrected chi connectivity index (χ1v) is 10.6. The van der Waals surface area contributed by atoms with Crippen LogP contribution in [0.2, 0.25) is 0 Å². The molecule has 2 aromatic carbocycles. The smallest absolute Gasteiger partial charge is 0.230 e. The van der Waals surface area contributed by atoms with Gasteiger partial charge in [-0.25, -0.2) is 24.0 Å². The van der Waals surface area contributed by atoms with Gasteiger partial charge in [-0.05, 0) is 47.5 Å². The molecule has 5 aromatic rings. The molecule has 0 unspecified atom stereocenters. The zero-order chi connectivity index (χ0) is 23.2. The zero-order valence-electron chi connectivity index (χ0n) is 18.0. The monoisotopic (exact) mass is 453 g/mol. The Morgan fingerprint density at radius 1 is 0.882 bits per heavy atom. The van der Waals surface area contributed by atoms with E-state index in [1.54, 1.807) is 29.2 Å². The lowest BCUT2D eigenvalue weighted by molar-refractivity contribution is 0.627. The highest BCUT2D eigenvalue weighted by Gasteiger charge is 2.11. The number of hydrogen-bond donors (Lipinski definition) is 2. The normalized spacial score (nSPS) is 10.7. The van der Waals surface area contributed by atoms with Crippen molar-refractivity contribution in [2.75, 3.05) is 10.6 Å². The molecule has 0 radical (unpaired) electrons. The Hall–Kier alpha value is -4.73. The summed E-state index contributed by atoms with van der Waals surface area (Å²) in [5, 5.41) is 14.3. The fourth-order valence-corrected chi connectivity index (χ4v) is 3.38. The number of benzene rings is 2. The van der Waals surface area contributed by atoms with Gasteiger partial charge in [0, 0.05) is 24.6 Å². The lowest BCUT2D eigenvalue weighted by Crippen LogP contribution is -2.05. The molecule has 168 valence electrons. The van der Waals surface area contributed by atoms with Crippen molar-refractivity contribution in [1.29, 1.82) is 0 Å². The maximum Gasteiger partial charge on any atom is 0.230 e. The van der Waals surface area contributed by atoms with Gasteiger partial charge in [-0.15, -0.1) is 5.10 Å². The number of anilines is 3. The van der Waals surface area contributed by atoms with E-state index in [-0.39, 0.29) is 5.82 Å². The third-order valence-electron chi connectivity index (χ3n) is 4.99. The number of nitrogens with zero attached hydrogens (tertiary/aromatic N) is 7. The standard InChI is InChI=1S/C24H20FN9/c25-19-8-6-17(7-9-19)14-27-22-21(5-2-10-26-22)23-28-16-29-24(32-23)31-20-4-1-3-18(13-20)15-34-12-11-30-33-34/h1-13,16H,14-15H2,(H,26,27)(H,28,29,31,32). The molecule has 0 atom stereocenters. The lowest BCUT2D eigenvalue weighted by atomic mass is 10.2. The van der Waals surface area contributed by atoms with Gasteiger partial charge in [0.1, 0.15) is 18.0 Å². The molecule has 0 amide bonds. The van der Waals surface area contributed by atoms with Crippen LogP contribution >= 0.6 is 0 Å². The second-order valence-corrected chi connectivity index (χ2v) is 7.44. The van der Waals surface area contributed by atoms with Crippen molar-refractivity contribution in [2.24, 2.45) is 0 Å². The van der Waals surface area contributed by atoms with Gasteiger partial charge in [0.05, 0.1) is 18.3 Å². The molecule has 2 N–H and O–H groups in total. The van der Waals surface area contributed by atoms with Gasteiger partial charge in [0.15, 0.2) is 5.82 Å². The molecule has 0 bridgehead atoms. The van der Waals surface area contributed by atoms with Crippen LogP contribution in [-0.4, -0.2) is 34.9 Å². The fraction of sp³-hybridized carbons (Fsp3) is 0.0833. The predicted molar refractivity (Wildman–Crippen MR) is 126 cm³/mol. The van der Waals surface area contributed by atoms with E-state index in [9.17, 15) is 4.39 Å². The SMILES string of the molecule is Fc1ccc(CNc2ncccc2-c2ncnc(Nc3cccc(Cn4ccnn4)c3)n2)cc1. The molecule has 5 rings (SSSR count). The second-order valence-electron chi connectivity index (χ2n) is 7.44. The molecular weight excluding hydrogens is 433 g/mol. The summed E-state index contributed by atoms with van der Waals surface area (Å²) in [5.41, 5.74) is 3.57. The molecule has 3 heterocycles. The van der Waals surface area contributed by atoms with Gasteiger partial charge in [-0.2, -0.15) is 4.98 Å². The van der Waals surface area contributed by atoms with Crippen molar-refractivity contribution in [3.63, 3.8) is 0 Å². The van der Waals surface area contributed by atoms with Gasteiger partial charge < -0.3 is 10.6 Å². The van der Waals surface area contributed by atoms with Gasteiger partial charge in [-0.1, -0.05) is 29.5 Å². The highest BCUT2D eigenvalue weighted by atomic mass is 19.1. The Balaban J connectivity index is 1.33. The van der Waals surface area contributed by atoms with Crippen molar-refractivity contribution in [1.82, 2.24) is 34.9 Å². The summed E-state index contributed by atoms with van der Waals surface area (Å²) in [6.07, 6.45) is 6.61. The highest BCUT2D eigenvalue weighted by Crippen LogP contribution is 2.24. The number of pyridine rings is 1. The summed E-state index contributed by atoms with van der Waals surface area (Å²) >= 11 is 0. The van der Waals surface area contributed by atoms with Crippen LogP contribution in [0.25, 0.3) is 11.4 Å². The van der Waals surface area contributed by atoms with Crippen LogP contribution in [0, 0.1) is 5.82 Å². The third kappa shape index (κ3) is 5.18. The number of nitrogens with one attached hydrogen (secondary N) is 2. The number of aromatic nitrogens is 7. The molecule has 10 heteroatoms. The van der Waals surface area contributed by atoms with E-state index in [1.807, 2.05) is 42.6 Å². The molecule has 0 aliphatic heterocycles. The summed E-state index contributed by atoms with van der Waals surface area (Å²) in [7, 11) is 0. The zero-order valence-corrected chi connectivity index (χ0v) is 18.0. The molecule has 34 heavy (non-hydrogen) atoms. The van der Waals surface area contributed by atoms with Crippen molar-refractivity contribution >= 4 is 17.5 Å². The average molecular weight is 453 g/mol. The van der Waals surface area contributed by atoms with Crippen LogP contribution in [0.15, 0.2) is 85.6 Å². The Bertz CT molecular complexity index is 1370. The van der Waals surface area contributed by atoms with E-state index >= 15 is 0 Å². The predicted octanol–water partition coefficient (Wildman–Crippen LogP) is 4.07. The van der Waals surface area contributed by atoms with Crippen molar-refractivity contribution in [3.8, 4) is 11.4 Å². The van der Waals surface area contributed by atoms with E-state index in [2.05, 4.69) is 40.9 Å². The minimum atomic E-state index is -0.267. The lowest BCUT2D eigenvalue weighted by Gasteiger charge is -2.11. The molecular formula is C24H20FN9. The largest absolute Gasteiger partial charge is 0.365 e. The van der Waals surface area contributed by atoms with Crippen LogP contribution in [0.4, 0.5) is 21.8 Å². The van der Waals surface area contributed by atoms with Crippen LogP contribution in [0.3, 0.4) is 0 Å². The van der Waals surface area contributed by atoms with Crippen LogP contribution in [0.5, 0.6) is 0 Å². The number of halogens is 1. The second kappa shape index (κ2) is 9.82. The Labute approximate surface area is 194 Å². The Morgan fingerprint density at radius 2 is 1.79 bits per heavy atom. The molecule has 3 aromatic heterocycles. The van der Waals surface area contributed by atoms with Crippen LogP contribution < -0.4 is 10.6 Å². The summed E-state index contributed by atoms with van der Waals surface area (Å²) in [6.45, 7) is 1.09. The molecule has 0 aliphatic rings. The summed E-state index contributed by atoms with van der Waals surface area (Å²) < 4.78 is 14.9. The van der Waals surface area contributed by atoms with Gasteiger partial charge in [-0.3, -0.25) is 0 Å². The van der Waals surface area contributed by atoms with Crippen LogP contribution in [0.1, 0.15) is 11.1 Å². The van der Waals surface area contributed by atoms with Crippen LogP contribution in [-0.2, 0) is 13.1 Å². The topological polar surface area (TPSA) is 106 Å². The molecule has 0 aliphatic carbocycles. The minimum absolute atomic E-state index is 0.267. The van der Waals surface area contributed by atoms with Gasteiger partial charge >= 0.3 is 0 Å². The first-order valence-electron chi connectivity index (χ1n) is 10.6.